The molecule has 1 aromatic carbocycles. The van der Waals surface area contributed by atoms with Crippen LogP contribution in [0.3, 0.4) is 0 Å². The van der Waals surface area contributed by atoms with Crippen LogP contribution in [0.15, 0.2) is 35.0 Å². The Labute approximate surface area is 103 Å². The van der Waals surface area contributed by atoms with Gasteiger partial charge in [-0.25, -0.2) is 4.39 Å². The van der Waals surface area contributed by atoms with Gasteiger partial charge in [0.1, 0.15) is 11.6 Å². The van der Waals surface area contributed by atoms with Gasteiger partial charge < -0.3 is 9.42 Å². The Bertz CT molecular complexity index is 594. The van der Waals surface area contributed by atoms with Gasteiger partial charge in [-0.05, 0) is 12.1 Å². The summed E-state index contributed by atoms with van der Waals surface area (Å²) in [5.74, 6) is 0.0335. The third-order valence-electron chi connectivity index (χ3n) is 3.09. The molecule has 0 N–H and O–H groups in total. The van der Waals surface area contributed by atoms with Crippen LogP contribution in [-0.4, -0.2) is 22.5 Å². The Morgan fingerprint density at radius 2 is 2.22 bits per heavy atom. The number of hydrogen-bond donors (Lipinski definition) is 0. The molecule has 0 aliphatic carbocycles. The standard InChI is InChI=1S/C13H11FN2O2/c14-11-4-2-1-3-10(11)13(17)16-6-5-12-9(8-16)7-15-18-12/h1-4,7H,5-6,8H2. The lowest BCUT2D eigenvalue weighted by molar-refractivity contribution is 0.0724. The molecule has 0 bridgehead atoms. The predicted molar refractivity (Wildman–Crippen MR) is 61.3 cm³/mol. The number of nitrogens with zero attached hydrogens (tertiary/aromatic N) is 2. The molecule has 0 saturated heterocycles. The molecule has 2 heterocycles. The first-order chi connectivity index (χ1) is 8.75. The van der Waals surface area contributed by atoms with Gasteiger partial charge in [-0.15, -0.1) is 0 Å². The number of carbonyl (C=O) groups is 1. The SMILES string of the molecule is O=C(c1ccccc1F)N1CCc2oncc2C1. The summed E-state index contributed by atoms with van der Waals surface area (Å²) in [6.45, 7) is 0.946. The molecule has 2 aromatic rings. The van der Waals surface area contributed by atoms with E-state index < -0.39 is 5.82 Å². The van der Waals surface area contributed by atoms with Gasteiger partial charge in [-0.3, -0.25) is 4.79 Å². The predicted octanol–water partition coefficient (Wildman–Crippen LogP) is 2.01. The van der Waals surface area contributed by atoms with Gasteiger partial charge in [0, 0.05) is 18.5 Å². The molecule has 5 heteroatoms. The van der Waals surface area contributed by atoms with Crippen LogP contribution in [0.4, 0.5) is 4.39 Å². The lowest BCUT2D eigenvalue weighted by atomic mass is 10.1. The van der Waals surface area contributed by atoms with E-state index in [9.17, 15) is 9.18 Å². The second-order valence-corrected chi connectivity index (χ2v) is 4.23. The van der Waals surface area contributed by atoms with Crippen molar-refractivity contribution in [2.45, 2.75) is 13.0 Å². The Kier molecular flexibility index (Phi) is 2.59. The molecule has 1 aromatic heterocycles. The summed E-state index contributed by atoms with van der Waals surface area (Å²) >= 11 is 0. The van der Waals surface area contributed by atoms with Crippen molar-refractivity contribution < 1.29 is 13.7 Å². The fraction of sp³-hybridized carbons (Fsp3) is 0.231. The van der Waals surface area contributed by atoms with E-state index >= 15 is 0 Å². The molecule has 92 valence electrons. The number of rotatable bonds is 1. The molecule has 1 aliphatic heterocycles. The molecule has 1 aliphatic rings. The minimum atomic E-state index is -0.487. The third kappa shape index (κ3) is 1.77. The van der Waals surface area contributed by atoms with Crippen LogP contribution in [0.5, 0.6) is 0 Å². The summed E-state index contributed by atoms with van der Waals surface area (Å²) < 4.78 is 18.6. The number of fused-ring (bicyclic) bond motifs is 1. The maximum Gasteiger partial charge on any atom is 0.257 e. The van der Waals surface area contributed by atoms with E-state index in [0.29, 0.717) is 19.5 Å². The summed E-state index contributed by atoms with van der Waals surface area (Å²) in [5, 5.41) is 3.70. The maximum atomic E-state index is 13.6. The second kappa shape index (κ2) is 4.25. The van der Waals surface area contributed by atoms with Crippen molar-refractivity contribution in [1.82, 2.24) is 10.1 Å². The third-order valence-corrected chi connectivity index (χ3v) is 3.09. The first-order valence-corrected chi connectivity index (χ1v) is 5.72. The van der Waals surface area contributed by atoms with E-state index in [4.69, 9.17) is 4.52 Å². The van der Waals surface area contributed by atoms with Gasteiger partial charge in [0.2, 0.25) is 0 Å². The zero-order valence-electron chi connectivity index (χ0n) is 9.60. The highest BCUT2D eigenvalue weighted by Gasteiger charge is 2.25. The highest BCUT2D eigenvalue weighted by atomic mass is 19.1. The lowest BCUT2D eigenvalue weighted by Crippen LogP contribution is -2.35. The average Bonchev–Trinajstić information content (AvgIpc) is 2.85. The van der Waals surface area contributed by atoms with Crippen molar-refractivity contribution in [2.75, 3.05) is 6.54 Å². The first-order valence-electron chi connectivity index (χ1n) is 5.72. The first kappa shape index (κ1) is 11.0. The van der Waals surface area contributed by atoms with Crippen LogP contribution < -0.4 is 0 Å². The lowest BCUT2D eigenvalue weighted by Gasteiger charge is -2.25. The van der Waals surface area contributed by atoms with E-state index in [1.54, 1.807) is 23.2 Å². The molecule has 0 unspecified atom stereocenters. The average molecular weight is 246 g/mol. The Balaban J connectivity index is 1.85. The number of aromatic nitrogens is 1. The molecule has 0 radical (unpaired) electrons. The summed E-state index contributed by atoms with van der Waals surface area (Å²) in [4.78, 5) is 13.8. The van der Waals surface area contributed by atoms with Gasteiger partial charge >= 0.3 is 0 Å². The zero-order chi connectivity index (χ0) is 12.5. The number of benzene rings is 1. The number of halogens is 1. The Morgan fingerprint density at radius 3 is 3.06 bits per heavy atom. The maximum absolute atomic E-state index is 13.6. The summed E-state index contributed by atoms with van der Waals surface area (Å²) in [7, 11) is 0. The molecule has 0 saturated carbocycles. The number of hydrogen-bond acceptors (Lipinski definition) is 3. The summed E-state index contributed by atoms with van der Waals surface area (Å²) in [6, 6.07) is 6.02. The van der Waals surface area contributed by atoms with Gasteiger partial charge in [-0.1, -0.05) is 17.3 Å². The van der Waals surface area contributed by atoms with Crippen LogP contribution in [-0.2, 0) is 13.0 Å². The molecular weight excluding hydrogens is 235 g/mol. The summed E-state index contributed by atoms with van der Waals surface area (Å²) in [6.07, 6.45) is 2.23. The molecule has 1 amide bonds. The van der Waals surface area contributed by atoms with E-state index in [2.05, 4.69) is 5.16 Å². The molecule has 0 spiro atoms. The van der Waals surface area contributed by atoms with E-state index in [-0.39, 0.29) is 11.5 Å². The number of carbonyl (C=O) groups excluding carboxylic acids is 1. The van der Waals surface area contributed by atoms with Crippen molar-refractivity contribution >= 4 is 5.91 Å². The minimum Gasteiger partial charge on any atom is -0.361 e. The quantitative estimate of drug-likeness (QED) is 0.773. The van der Waals surface area contributed by atoms with E-state index in [1.165, 1.54) is 12.1 Å². The largest absolute Gasteiger partial charge is 0.361 e. The molecule has 4 nitrogen and oxygen atoms in total. The van der Waals surface area contributed by atoms with Gasteiger partial charge in [0.05, 0.1) is 18.3 Å². The summed E-state index contributed by atoms with van der Waals surface area (Å²) in [5.41, 5.74) is 1.00. The topological polar surface area (TPSA) is 46.3 Å². The van der Waals surface area contributed by atoms with Crippen LogP contribution in [0.25, 0.3) is 0 Å². The van der Waals surface area contributed by atoms with Gasteiger partial charge in [0.15, 0.2) is 0 Å². The van der Waals surface area contributed by atoms with Crippen molar-refractivity contribution in [2.24, 2.45) is 0 Å². The van der Waals surface area contributed by atoms with E-state index in [1.807, 2.05) is 0 Å². The zero-order valence-corrected chi connectivity index (χ0v) is 9.60. The van der Waals surface area contributed by atoms with Crippen molar-refractivity contribution in [1.29, 1.82) is 0 Å². The Hall–Kier alpha value is -2.17. The van der Waals surface area contributed by atoms with Crippen LogP contribution in [0, 0.1) is 5.82 Å². The molecular formula is C13H11FN2O2. The van der Waals surface area contributed by atoms with Gasteiger partial charge in [-0.2, -0.15) is 0 Å². The second-order valence-electron chi connectivity index (χ2n) is 4.23. The van der Waals surface area contributed by atoms with Crippen LogP contribution in [0.1, 0.15) is 21.7 Å². The molecule has 18 heavy (non-hydrogen) atoms. The highest BCUT2D eigenvalue weighted by Crippen LogP contribution is 2.20. The monoisotopic (exact) mass is 246 g/mol. The van der Waals surface area contributed by atoms with Crippen molar-refractivity contribution in [3.05, 3.63) is 53.2 Å². The van der Waals surface area contributed by atoms with Crippen LogP contribution >= 0.6 is 0 Å². The Morgan fingerprint density at radius 1 is 1.39 bits per heavy atom. The minimum absolute atomic E-state index is 0.109. The molecule has 0 atom stereocenters. The molecule has 3 rings (SSSR count). The smallest absolute Gasteiger partial charge is 0.257 e. The van der Waals surface area contributed by atoms with E-state index in [0.717, 1.165) is 11.3 Å². The number of amides is 1. The fourth-order valence-corrected chi connectivity index (χ4v) is 2.12. The fourth-order valence-electron chi connectivity index (χ4n) is 2.12. The highest BCUT2D eigenvalue weighted by molar-refractivity contribution is 5.94. The molecule has 0 fully saturated rings. The van der Waals surface area contributed by atoms with Crippen LogP contribution in [0.2, 0.25) is 0 Å². The van der Waals surface area contributed by atoms with Crippen molar-refractivity contribution in [3.63, 3.8) is 0 Å². The normalized spacial score (nSPS) is 14.4. The van der Waals surface area contributed by atoms with Crippen molar-refractivity contribution in [3.8, 4) is 0 Å². The van der Waals surface area contributed by atoms with Gasteiger partial charge in [0.25, 0.3) is 5.91 Å².